The summed E-state index contributed by atoms with van der Waals surface area (Å²) < 4.78 is 6.05. The lowest BCUT2D eigenvalue weighted by atomic mass is 9.99. The van der Waals surface area contributed by atoms with Crippen LogP contribution in [0.15, 0.2) is 0 Å². The van der Waals surface area contributed by atoms with Crippen LogP contribution in [0.2, 0.25) is 0 Å². The lowest BCUT2D eigenvalue weighted by molar-refractivity contribution is -0.0370. The first-order valence-electron chi connectivity index (χ1n) is 6.64. The summed E-state index contributed by atoms with van der Waals surface area (Å²) in [6.45, 7) is 8.81. The van der Waals surface area contributed by atoms with Gasteiger partial charge < -0.3 is 10.5 Å². The molecule has 16 heavy (non-hydrogen) atoms. The van der Waals surface area contributed by atoms with E-state index in [0.29, 0.717) is 18.2 Å². The fourth-order valence-electron chi connectivity index (χ4n) is 2.93. The molecule has 0 radical (unpaired) electrons. The summed E-state index contributed by atoms with van der Waals surface area (Å²) in [5, 5.41) is 0. The minimum Gasteiger partial charge on any atom is -0.371 e. The van der Waals surface area contributed by atoms with Gasteiger partial charge in [-0.3, -0.25) is 4.90 Å². The number of nitrogens with zero attached hydrogens (tertiary/aromatic N) is 1. The highest BCUT2D eigenvalue weighted by atomic mass is 16.5. The zero-order chi connectivity index (χ0) is 11.8. The summed E-state index contributed by atoms with van der Waals surface area (Å²) in [5.74, 6) is 0. The predicted molar refractivity (Wildman–Crippen MR) is 66.4 cm³/mol. The van der Waals surface area contributed by atoms with Gasteiger partial charge in [0.2, 0.25) is 0 Å². The van der Waals surface area contributed by atoms with Gasteiger partial charge in [0.05, 0.1) is 11.7 Å². The van der Waals surface area contributed by atoms with E-state index in [2.05, 4.69) is 25.7 Å². The van der Waals surface area contributed by atoms with Crippen LogP contribution in [-0.2, 0) is 4.74 Å². The maximum atomic E-state index is 6.05. The lowest BCUT2D eigenvalue weighted by Crippen LogP contribution is -2.50. The Balaban J connectivity index is 1.84. The molecular weight excluding hydrogens is 200 g/mol. The van der Waals surface area contributed by atoms with Crippen LogP contribution in [-0.4, -0.2) is 41.8 Å². The van der Waals surface area contributed by atoms with Gasteiger partial charge in [0.1, 0.15) is 0 Å². The predicted octanol–water partition coefficient (Wildman–Crippen LogP) is 1.76. The number of hydrogen-bond acceptors (Lipinski definition) is 3. The minimum absolute atomic E-state index is 0.0891. The highest BCUT2D eigenvalue weighted by Crippen LogP contribution is 2.30. The van der Waals surface area contributed by atoms with Gasteiger partial charge in [-0.05, 0) is 46.5 Å². The Bertz CT molecular complexity index is 242. The van der Waals surface area contributed by atoms with E-state index in [-0.39, 0.29) is 5.60 Å². The van der Waals surface area contributed by atoms with Crippen molar-refractivity contribution in [3.05, 3.63) is 0 Å². The first kappa shape index (κ1) is 12.3. The standard InChI is InChI=1S/C13H26N2O/c1-10-4-5-11(14)8-15(10)9-12-6-7-13(2,3)16-12/h10-12H,4-9,14H2,1-3H3. The van der Waals surface area contributed by atoms with Gasteiger partial charge in [0.15, 0.2) is 0 Å². The van der Waals surface area contributed by atoms with Crippen LogP contribution in [0.1, 0.15) is 46.5 Å². The van der Waals surface area contributed by atoms with Crippen LogP contribution in [0, 0.1) is 0 Å². The quantitative estimate of drug-likeness (QED) is 0.779. The Labute approximate surface area is 99.3 Å². The van der Waals surface area contributed by atoms with Gasteiger partial charge >= 0.3 is 0 Å². The average molecular weight is 226 g/mol. The number of rotatable bonds is 2. The zero-order valence-electron chi connectivity index (χ0n) is 10.9. The number of nitrogens with two attached hydrogens (primary N) is 1. The molecular formula is C13H26N2O. The van der Waals surface area contributed by atoms with Gasteiger partial charge in [0, 0.05) is 25.2 Å². The van der Waals surface area contributed by atoms with Crippen molar-refractivity contribution in [3.63, 3.8) is 0 Å². The summed E-state index contributed by atoms with van der Waals surface area (Å²) in [6.07, 6.45) is 5.21. The number of ether oxygens (including phenoxy) is 1. The van der Waals surface area contributed by atoms with Gasteiger partial charge in [-0.2, -0.15) is 0 Å². The number of hydrogen-bond donors (Lipinski definition) is 1. The Morgan fingerprint density at radius 2 is 2.06 bits per heavy atom. The Kier molecular flexibility index (Phi) is 3.57. The van der Waals surface area contributed by atoms with Crippen LogP contribution in [0.25, 0.3) is 0 Å². The molecule has 94 valence electrons. The first-order valence-corrected chi connectivity index (χ1v) is 6.64. The largest absolute Gasteiger partial charge is 0.371 e. The molecule has 3 heteroatoms. The molecule has 0 aromatic heterocycles. The first-order chi connectivity index (χ1) is 7.46. The van der Waals surface area contributed by atoms with E-state index in [1.54, 1.807) is 0 Å². The van der Waals surface area contributed by atoms with Crippen molar-refractivity contribution in [2.75, 3.05) is 13.1 Å². The van der Waals surface area contributed by atoms with Crippen molar-refractivity contribution in [1.29, 1.82) is 0 Å². The SMILES string of the molecule is CC1CCC(N)CN1CC1CCC(C)(C)O1. The summed E-state index contributed by atoms with van der Waals surface area (Å²) >= 11 is 0. The molecule has 3 atom stereocenters. The fraction of sp³-hybridized carbons (Fsp3) is 1.00. The van der Waals surface area contributed by atoms with Crippen LogP contribution in [0.3, 0.4) is 0 Å². The summed E-state index contributed by atoms with van der Waals surface area (Å²) in [7, 11) is 0. The highest BCUT2D eigenvalue weighted by molar-refractivity contribution is 4.87. The fourth-order valence-corrected chi connectivity index (χ4v) is 2.93. The molecule has 0 aromatic carbocycles. The van der Waals surface area contributed by atoms with Crippen molar-refractivity contribution >= 4 is 0 Å². The van der Waals surface area contributed by atoms with Gasteiger partial charge in [-0.25, -0.2) is 0 Å². The van der Waals surface area contributed by atoms with Crippen molar-refractivity contribution in [2.24, 2.45) is 5.73 Å². The van der Waals surface area contributed by atoms with Crippen LogP contribution >= 0.6 is 0 Å². The summed E-state index contributed by atoms with van der Waals surface area (Å²) in [5.41, 5.74) is 6.12. The van der Waals surface area contributed by atoms with Crippen molar-refractivity contribution in [1.82, 2.24) is 4.90 Å². The monoisotopic (exact) mass is 226 g/mol. The second-order valence-electron chi connectivity index (χ2n) is 6.18. The average Bonchev–Trinajstić information content (AvgIpc) is 2.52. The number of piperidine rings is 1. The van der Waals surface area contributed by atoms with E-state index in [9.17, 15) is 0 Å². The Morgan fingerprint density at radius 3 is 2.69 bits per heavy atom. The molecule has 0 amide bonds. The second kappa shape index (κ2) is 4.63. The molecule has 2 aliphatic heterocycles. The van der Waals surface area contributed by atoms with E-state index in [0.717, 1.165) is 13.1 Å². The molecule has 2 heterocycles. The van der Waals surface area contributed by atoms with Gasteiger partial charge in [-0.15, -0.1) is 0 Å². The summed E-state index contributed by atoms with van der Waals surface area (Å²) in [4.78, 5) is 2.51. The molecule has 3 unspecified atom stereocenters. The number of likely N-dealkylation sites (tertiary alicyclic amines) is 1. The lowest BCUT2D eigenvalue weighted by Gasteiger charge is -2.38. The normalized spacial score (nSPS) is 40.1. The van der Waals surface area contributed by atoms with Gasteiger partial charge in [-0.1, -0.05) is 0 Å². The zero-order valence-corrected chi connectivity index (χ0v) is 10.9. The second-order valence-corrected chi connectivity index (χ2v) is 6.18. The van der Waals surface area contributed by atoms with E-state index < -0.39 is 0 Å². The summed E-state index contributed by atoms with van der Waals surface area (Å²) in [6, 6.07) is 1.04. The molecule has 2 rings (SSSR count). The van der Waals surface area contributed by atoms with E-state index in [1.165, 1.54) is 25.7 Å². The smallest absolute Gasteiger partial charge is 0.0710 e. The van der Waals surface area contributed by atoms with Crippen LogP contribution in [0.4, 0.5) is 0 Å². The minimum atomic E-state index is 0.0891. The Morgan fingerprint density at radius 1 is 1.31 bits per heavy atom. The molecule has 2 fully saturated rings. The van der Waals surface area contributed by atoms with Crippen LogP contribution in [0.5, 0.6) is 0 Å². The molecule has 0 spiro atoms. The van der Waals surface area contributed by atoms with Crippen LogP contribution < -0.4 is 5.73 Å². The molecule has 0 aromatic rings. The van der Waals surface area contributed by atoms with E-state index in [1.807, 2.05) is 0 Å². The topological polar surface area (TPSA) is 38.5 Å². The van der Waals surface area contributed by atoms with Crippen molar-refractivity contribution in [3.8, 4) is 0 Å². The molecule has 0 aliphatic carbocycles. The maximum absolute atomic E-state index is 6.05. The third kappa shape index (κ3) is 2.96. The van der Waals surface area contributed by atoms with Crippen molar-refractivity contribution < 1.29 is 4.74 Å². The molecule has 0 saturated carbocycles. The van der Waals surface area contributed by atoms with E-state index >= 15 is 0 Å². The molecule has 2 N–H and O–H groups in total. The van der Waals surface area contributed by atoms with Gasteiger partial charge in [0.25, 0.3) is 0 Å². The molecule has 0 bridgehead atoms. The Hall–Kier alpha value is -0.120. The third-order valence-corrected chi connectivity index (χ3v) is 4.04. The van der Waals surface area contributed by atoms with Crippen molar-refractivity contribution in [2.45, 2.75) is 70.2 Å². The highest BCUT2D eigenvalue weighted by Gasteiger charge is 2.34. The molecule has 3 nitrogen and oxygen atoms in total. The molecule has 2 aliphatic rings. The maximum Gasteiger partial charge on any atom is 0.0710 e. The third-order valence-electron chi connectivity index (χ3n) is 4.04. The molecule has 2 saturated heterocycles. The van der Waals surface area contributed by atoms with E-state index in [4.69, 9.17) is 10.5 Å².